The maximum absolute atomic E-state index is 12.2. The monoisotopic (exact) mass is 263 g/mol. The lowest BCUT2D eigenvalue weighted by atomic mass is 9.97. The van der Waals surface area contributed by atoms with Gasteiger partial charge in [-0.2, -0.15) is 4.31 Å². The maximum atomic E-state index is 12.2. The van der Waals surface area contributed by atoms with Crippen LogP contribution in [-0.2, 0) is 14.8 Å². The summed E-state index contributed by atoms with van der Waals surface area (Å²) in [6.45, 7) is 3.09. The van der Waals surface area contributed by atoms with Gasteiger partial charge in [0.05, 0.1) is 17.5 Å². The second-order valence-corrected chi connectivity index (χ2v) is 7.36. The maximum Gasteiger partial charge on any atom is 0.216 e. The predicted octanol–water partition coefficient (Wildman–Crippen LogP) is 0.342. The van der Waals surface area contributed by atoms with Gasteiger partial charge >= 0.3 is 0 Å². The molecule has 2 heterocycles. The molecule has 0 spiro atoms. The quantitative estimate of drug-likeness (QED) is 0.797. The number of rotatable bonds is 3. The minimum atomic E-state index is -3.29. The molecule has 0 saturated carbocycles. The normalized spacial score (nSPS) is 36.2. The Balaban J connectivity index is 1.99. The first kappa shape index (κ1) is 13.3. The Morgan fingerprint density at radius 3 is 2.82 bits per heavy atom. The number of ether oxygens (including phenoxy) is 1. The molecule has 17 heavy (non-hydrogen) atoms. The van der Waals surface area contributed by atoms with Crippen molar-refractivity contribution >= 4 is 10.0 Å². The molecule has 2 aliphatic rings. The SMILES string of the molecule is CC1(O)CCCN(S(=O)(=O)CC2CCCO2)C1. The summed E-state index contributed by atoms with van der Waals surface area (Å²) in [5.74, 6) is 0.0586. The van der Waals surface area contributed by atoms with E-state index in [-0.39, 0.29) is 18.4 Å². The van der Waals surface area contributed by atoms with Gasteiger partial charge in [-0.05, 0) is 32.6 Å². The summed E-state index contributed by atoms with van der Waals surface area (Å²) in [7, 11) is -3.29. The minimum Gasteiger partial charge on any atom is -0.389 e. The van der Waals surface area contributed by atoms with Gasteiger partial charge in [0, 0.05) is 19.7 Å². The van der Waals surface area contributed by atoms with E-state index < -0.39 is 15.6 Å². The summed E-state index contributed by atoms with van der Waals surface area (Å²) < 4.78 is 31.1. The third-order valence-corrected chi connectivity index (χ3v) is 5.35. The van der Waals surface area contributed by atoms with Crippen LogP contribution < -0.4 is 0 Å². The van der Waals surface area contributed by atoms with Gasteiger partial charge in [-0.1, -0.05) is 0 Å². The molecule has 1 N–H and O–H groups in total. The molecule has 100 valence electrons. The molecule has 2 saturated heterocycles. The van der Waals surface area contributed by atoms with Crippen molar-refractivity contribution < 1.29 is 18.3 Å². The van der Waals surface area contributed by atoms with Crippen LogP contribution >= 0.6 is 0 Å². The molecular weight excluding hydrogens is 242 g/mol. The van der Waals surface area contributed by atoms with Gasteiger partial charge in [0.25, 0.3) is 0 Å². The molecule has 0 radical (unpaired) electrons. The summed E-state index contributed by atoms with van der Waals surface area (Å²) in [6.07, 6.45) is 2.99. The Hall–Kier alpha value is -0.170. The molecule has 0 amide bonds. The van der Waals surface area contributed by atoms with Crippen molar-refractivity contribution in [1.29, 1.82) is 0 Å². The van der Waals surface area contributed by atoms with Crippen LogP contribution in [0.3, 0.4) is 0 Å². The first-order valence-corrected chi connectivity index (χ1v) is 7.82. The van der Waals surface area contributed by atoms with E-state index in [2.05, 4.69) is 0 Å². The Morgan fingerprint density at radius 1 is 1.47 bits per heavy atom. The molecule has 2 rings (SSSR count). The standard InChI is InChI=1S/C11H21NO4S/c1-11(13)5-3-6-12(9-11)17(14,15)8-10-4-2-7-16-10/h10,13H,2-9H2,1H3. The Labute approximate surface area is 103 Å². The van der Waals surface area contributed by atoms with Crippen LogP contribution in [0.25, 0.3) is 0 Å². The third kappa shape index (κ3) is 3.40. The van der Waals surface area contributed by atoms with E-state index in [1.54, 1.807) is 6.92 Å². The van der Waals surface area contributed by atoms with Crippen molar-refractivity contribution in [3.63, 3.8) is 0 Å². The lowest BCUT2D eigenvalue weighted by Crippen LogP contribution is -2.50. The second-order valence-electron chi connectivity index (χ2n) is 5.35. The smallest absolute Gasteiger partial charge is 0.216 e. The summed E-state index contributed by atoms with van der Waals surface area (Å²) in [4.78, 5) is 0. The number of β-amino-alcohol motifs (C(OH)–C–C–N with tert-alkyl or cyclic N) is 1. The predicted molar refractivity (Wildman–Crippen MR) is 64.2 cm³/mol. The fourth-order valence-corrected chi connectivity index (χ4v) is 4.35. The van der Waals surface area contributed by atoms with Crippen molar-refractivity contribution in [1.82, 2.24) is 4.31 Å². The average Bonchev–Trinajstić information content (AvgIpc) is 2.68. The molecule has 0 aliphatic carbocycles. The summed E-state index contributed by atoms with van der Waals surface area (Å²) in [5.41, 5.74) is -0.887. The van der Waals surface area contributed by atoms with Crippen LogP contribution in [0.5, 0.6) is 0 Å². The first-order chi connectivity index (χ1) is 7.89. The van der Waals surface area contributed by atoms with E-state index >= 15 is 0 Å². The number of hydrogen-bond acceptors (Lipinski definition) is 4. The van der Waals surface area contributed by atoms with Gasteiger partial charge in [0.2, 0.25) is 10.0 Å². The van der Waals surface area contributed by atoms with E-state index in [4.69, 9.17) is 4.74 Å². The van der Waals surface area contributed by atoms with Gasteiger partial charge in [-0.25, -0.2) is 8.42 Å². The second kappa shape index (κ2) is 4.84. The van der Waals surface area contributed by atoms with Crippen LogP contribution in [0.2, 0.25) is 0 Å². The van der Waals surface area contributed by atoms with Crippen LogP contribution in [0.1, 0.15) is 32.6 Å². The van der Waals surface area contributed by atoms with Crippen LogP contribution in [0, 0.1) is 0 Å². The van der Waals surface area contributed by atoms with Crippen molar-refractivity contribution in [3.05, 3.63) is 0 Å². The molecule has 2 atom stereocenters. The van der Waals surface area contributed by atoms with Crippen molar-refractivity contribution in [2.24, 2.45) is 0 Å². The molecule has 0 aromatic carbocycles. The largest absolute Gasteiger partial charge is 0.389 e. The number of aliphatic hydroxyl groups is 1. The van der Waals surface area contributed by atoms with Crippen molar-refractivity contribution in [2.75, 3.05) is 25.4 Å². The zero-order valence-electron chi connectivity index (χ0n) is 10.3. The van der Waals surface area contributed by atoms with E-state index in [1.807, 2.05) is 0 Å². The zero-order valence-corrected chi connectivity index (χ0v) is 11.1. The van der Waals surface area contributed by atoms with Crippen LogP contribution in [0.4, 0.5) is 0 Å². The third-order valence-electron chi connectivity index (χ3n) is 3.45. The van der Waals surface area contributed by atoms with E-state index in [1.165, 1.54) is 4.31 Å². The van der Waals surface area contributed by atoms with Gasteiger partial charge < -0.3 is 9.84 Å². The molecule has 0 aromatic heterocycles. The Bertz CT molecular complexity index is 360. The topological polar surface area (TPSA) is 66.8 Å². The molecular formula is C11H21NO4S. The van der Waals surface area contributed by atoms with Crippen molar-refractivity contribution in [3.8, 4) is 0 Å². The highest BCUT2D eigenvalue weighted by Crippen LogP contribution is 2.24. The summed E-state index contributed by atoms with van der Waals surface area (Å²) in [5, 5.41) is 9.93. The Morgan fingerprint density at radius 2 is 2.24 bits per heavy atom. The van der Waals surface area contributed by atoms with E-state index in [9.17, 15) is 13.5 Å². The molecule has 2 fully saturated rings. The van der Waals surface area contributed by atoms with E-state index in [0.717, 1.165) is 19.3 Å². The summed E-state index contributed by atoms with van der Waals surface area (Å²) >= 11 is 0. The average molecular weight is 263 g/mol. The number of hydrogen-bond donors (Lipinski definition) is 1. The fourth-order valence-electron chi connectivity index (χ4n) is 2.53. The van der Waals surface area contributed by atoms with Crippen molar-refractivity contribution in [2.45, 2.75) is 44.3 Å². The van der Waals surface area contributed by atoms with Gasteiger partial charge in [-0.15, -0.1) is 0 Å². The lowest BCUT2D eigenvalue weighted by Gasteiger charge is -2.36. The Kier molecular flexibility index (Phi) is 3.77. The molecule has 6 heteroatoms. The zero-order chi connectivity index (χ0) is 12.5. The highest BCUT2D eigenvalue weighted by Gasteiger charge is 2.36. The highest BCUT2D eigenvalue weighted by atomic mass is 32.2. The van der Waals surface area contributed by atoms with Gasteiger partial charge in [-0.3, -0.25) is 0 Å². The van der Waals surface area contributed by atoms with Crippen LogP contribution in [-0.4, -0.2) is 55.0 Å². The van der Waals surface area contributed by atoms with Gasteiger partial charge in [0.1, 0.15) is 0 Å². The fraction of sp³-hybridized carbons (Fsp3) is 1.00. The van der Waals surface area contributed by atoms with Crippen LogP contribution in [0.15, 0.2) is 0 Å². The number of sulfonamides is 1. The summed E-state index contributed by atoms with van der Waals surface area (Å²) in [6, 6.07) is 0. The molecule has 2 aliphatic heterocycles. The molecule has 5 nitrogen and oxygen atoms in total. The van der Waals surface area contributed by atoms with Gasteiger partial charge in [0.15, 0.2) is 0 Å². The highest BCUT2D eigenvalue weighted by molar-refractivity contribution is 7.89. The molecule has 2 unspecified atom stereocenters. The first-order valence-electron chi connectivity index (χ1n) is 6.21. The lowest BCUT2D eigenvalue weighted by molar-refractivity contribution is 0.00898. The molecule has 0 aromatic rings. The number of nitrogens with zero attached hydrogens (tertiary/aromatic N) is 1. The number of piperidine rings is 1. The molecule has 0 bridgehead atoms. The minimum absolute atomic E-state index is 0.0586. The van der Waals surface area contributed by atoms with E-state index in [0.29, 0.717) is 19.6 Å².